The summed E-state index contributed by atoms with van der Waals surface area (Å²) in [5.41, 5.74) is 8.25. The number of rotatable bonds is 3. The van der Waals surface area contributed by atoms with Gasteiger partial charge in [0.05, 0.1) is 10.6 Å². The molecule has 2 heterocycles. The van der Waals surface area contributed by atoms with Gasteiger partial charge in [-0.25, -0.2) is 9.38 Å². The lowest BCUT2D eigenvalue weighted by Crippen LogP contribution is -2.49. The number of nitrogens with one attached hydrogen (secondary N) is 1. The first-order valence-corrected chi connectivity index (χ1v) is 10.7. The van der Waals surface area contributed by atoms with Crippen LogP contribution in [0, 0.1) is 11.7 Å². The highest BCUT2D eigenvalue weighted by Gasteiger charge is 2.45. The highest BCUT2D eigenvalue weighted by Crippen LogP contribution is 2.42. The first kappa shape index (κ1) is 19.0. The molecule has 0 saturated heterocycles. The fourth-order valence-corrected chi connectivity index (χ4v) is 5.25. The van der Waals surface area contributed by atoms with Crippen LogP contribution in [-0.2, 0) is 11.3 Å². The summed E-state index contributed by atoms with van der Waals surface area (Å²) in [5, 5.41) is 11.0. The molecule has 1 fully saturated rings. The molecule has 154 valence electrons. The normalized spacial score (nSPS) is 23.0. The Morgan fingerprint density at radius 3 is 2.83 bits per heavy atom. The van der Waals surface area contributed by atoms with E-state index in [1.54, 1.807) is 29.2 Å². The lowest BCUT2D eigenvalue weighted by Gasteiger charge is -2.38. The molecule has 0 aromatic heterocycles. The Morgan fingerprint density at radius 1 is 1.23 bits per heavy atom. The number of nitrogen functional groups attached to an aromatic ring is 1. The Labute approximate surface area is 177 Å². The number of aliphatic hydroxyl groups excluding tert-OH is 1. The average molecular weight is 425 g/mol. The topological polar surface area (TPSA) is 91.0 Å². The smallest absolute Gasteiger partial charge is 0.261 e. The monoisotopic (exact) mass is 424 g/mol. The first-order valence-electron chi connectivity index (χ1n) is 9.91. The van der Waals surface area contributed by atoms with E-state index in [1.165, 1.54) is 24.1 Å². The molecular formula is C22H21FN4O2S. The van der Waals surface area contributed by atoms with Crippen LogP contribution < -0.4 is 10.5 Å². The molecule has 8 heteroatoms. The van der Waals surface area contributed by atoms with Gasteiger partial charge in [-0.05, 0) is 60.7 Å². The molecule has 0 spiro atoms. The fraction of sp³-hybridized carbons (Fsp3) is 0.273. The summed E-state index contributed by atoms with van der Waals surface area (Å²) in [6, 6.07) is 11.5. The minimum Gasteiger partial charge on any atom is -0.511 e. The molecule has 0 bridgehead atoms. The zero-order chi connectivity index (χ0) is 20.8. The third-order valence-electron chi connectivity index (χ3n) is 5.94. The van der Waals surface area contributed by atoms with Gasteiger partial charge in [0.1, 0.15) is 17.1 Å². The second-order valence-electron chi connectivity index (χ2n) is 7.82. The molecule has 2 aromatic carbocycles. The average Bonchev–Trinajstić information content (AvgIpc) is 3.23. The summed E-state index contributed by atoms with van der Waals surface area (Å²) < 4.78 is 16.4. The lowest BCUT2D eigenvalue weighted by molar-refractivity contribution is -0.132. The number of carbonyl (C=O) groups is 1. The van der Waals surface area contributed by atoms with Crippen molar-refractivity contribution in [3.05, 3.63) is 65.2 Å². The van der Waals surface area contributed by atoms with Gasteiger partial charge in [0.15, 0.2) is 5.84 Å². The van der Waals surface area contributed by atoms with E-state index in [0.29, 0.717) is 23.8 Å². The number of anilines is 1. The van der Waals surface area contributed by atoms with Crippen LogP contribution in [0.5, 0.6) is 0 Å². The molecule has 2 atom stereocenters. The van der Waals surface area contributed by atoms with Crippen molar-refractivity contribution in [1.29, 1.82) is 0 Å². The highest BCUT2D eigenvalue weighted by atomic mass is 32.2. The number of halogens is 1. The van der Waals surface area contributed by atoms with Crippen molar-refractivity contribution < 1.29 is 14.3 Å². The van der Waals surface area contributed by atoms with Crippen LogP contribution in [0.1, 0.15) is 24.8 Å². The van der Waals surface area contributed by atoms with Gasteiger partial charge in [0.2, 0.25) is 0 Å². The number of carbonyl (C=O) groups excluding carboxylic acids is 1. The minimum atomic E-state index is -0.308. The summed E-state index contributed by atoms with van der Waals surface area (Å²) in [5.74, 6) is -0.207. The van der Waals surface area contributed by atoms with Crippen molar-refractivity contribution in [3.63, 3.8) is 0 Å². The molecule has 2 aliphatic heterocycles. The highest BCUT2D eigenvalue weighted by molar-refractivity contribution is 7.98. The molecule has 0 radical (unpaired) electrons. The zero-order valence-corrected chi connectivity index (χ0v) is 17.0. The van der Waals surface area contributed by atoms with E-state index in [2.05, 4.69) is 9.71 Å². The third kappa shape index (κ3) is 3.21. The van der Waals surface area contributed by atoms with Gasteiger partial charge in [-0.1, -0.05) is 18.6 Å². The van der Waals surface area contributed by atoms with E-state index in [0.717, 1.165) is 29.7 Å². The Hall–Kier alpha value is -3.00. The van der Waals surface area contributed by atoms with Gasteiger partial charge >= 0.3 is 0 Å². The second-order valence-corrected chi connectivity index (χ2v) is 8.66. The van der Waals surface area contributed by atoms with Crippen molar-refractivity contribution in [2.45, 2.75) is 36.7 Å². The molecule has 3 aliphatic rings. The Morgan fingerprint density at radius 2 is 2.03 bits per heavy atom. The number of nitrogens with zero attached hydrogens (tertiary/aromatic N) is 2. The van der Waals surface area contributed by atoms with Gasteiger partial charge in [-0.2, -0.15) is 0 Å². The third-order valence-corrected chi connectivity index (χ3v) is 6.78. The molecule has 6 nitrogen and oxygen atoms in total. The molecule has 30 heavy (non-hydrogen) atoms. The lowest BCUT2D eigenvalue weighted by atomic mass is 9.90. The van der Waals surface area contributed by atoms with Gasteiger partial charge in [-0.3, -0.25) is 4.79 Å². The van der Waals surface area contributed by atoms with Gasteiger partial charge in [0, 0.05) is 24.2 Å². The van der Waals surface area contributed by atoms with Crippen molar-refractivity contribution in [1.82, 2.24) is 9.62 Å². The van der Waals surface area contributed by atoms with E-state index in [4.69, 9.17) is 5.73 Å². The summed E-state index contributed by atoms with van der Waals surface area (Å²) in [6.07, 6.45) is 2.60. The predicted molar refractivity (Wildman–Crippen MR) is 115 cm³/mol. The van der Waals surface area contributed by atoms with E-state index in [-0.39, 0.29) is 35.0 Å². The number of nitrogens with two attached hydrogens (primary N) is 1. The maximum atomic E-state index is 13.5. The quantitative estimate of drug-likeness (QED) is 0.510. The predicted octanol–water partition coefficient (Wildman–Crippen LogP) is 4.07. The van der Waals surface area contributed by atoms with E-state index >= 15 is 0 Å². The number of hydrogen-bond acceptors (Lipinski definition) is 6. The van der Waals surface area contributed by atoms with Crippen LogP contribution in [-0.4, -0.2) is 27.8 Å². The molecule has 5 rings (SSSR count). The summed E-state index contributed by atoms with van der Waals surface area (Å²) >= 11 is 1.32. The van der Waals surface area contributed by atoms with Crippen LogP contribution in [0.15, 0.2) is 63.7 Å². The summed E-state index contributed by atoms with van der Waals surface area (Å²) in [4.78, 5) is 20.8. The molecule has 1 amide bonds. The number of benzene rings is 2. The molecule has 0 unspecified atom stereocenters. The van der Waals surface area contributed by atoms with E-state index in [9.17, 15) is 14.3 Å². The number of amides is 1. The van der Waals surface area contributed by atoms with Crippen molar-refractivity contribution in [2.75, 3.05) is 5.73 Å². The summed E-state index contributed by atoms with van der Waals surface area (Å²) in [6.45, 7) is 0.366. The standard InChI is InChI=1S/C22H21FN4O2S/c23-13-6-4-12(5-7-13)11-27-17-3-1-2-15(17)20(28)19(22(27)29)21-25-16-9-8-14(24)10-18(16)30-26-21/h4-10,15,17,28H,1-3,11,24H2,(H,25,26)/t15-,17+/m1/s1. The second kappa shape index (κ2) is 7.36. The first-order chi connectivity index (χ1) is 14.5. The number of aliphatic imine (C=N–C) groups is 1. The Balaban J connectivity index is 1.52. The van der Waals surface area contributed by atoms with Gasteiger partial charge in [0.25, 0.3) is 5.91 Å². The van der Waals surface area contributed by atoms with Crippen LogP contribution >= 0.6 is 11.9 Å². The van der Waals surface area contributed by atoms with Crippen molar-refractivity contribution in [2.24, 2.45) is 10.9 Å². The number of fused-ring (bicyclic) bond motifs is 2. The van der Waals surface area contributed by atoms with Gasteiger partial charge in [-0.15, -0.1) is 0 Å². The molecule has 1 saturated carbocycles. The molecular weight excluding hydrogens is 403 g/mol. The number of aliphatic hydroxyl groups is 1. The van der Waals surface area contributed by atoms with Crippen LogP contribution in [0.2, 0.25) is 0 Å². The minimum absolute atomic E-state index is 0.0600. The largest absolute Gasteiger partial charge is 0.511 e. The maximum absolute atomic E-state index is 13.5. The molecule has 4 N–H and O–H groups in total. The van der Waals surface area contributed by atoms with Crippen molar-refractivity contribution >= 4 is 35.1 Å². The van der Waals surface area contributed by atoms with Crippen LogP contribution in [0.25, 0.3) is 0 Å². The number of amidine groups is 1. The molecule has 2 aromatic rings. The van der Waals surface area contributed by atoms with Crippen molar-refractivity contribution in [3.8, 4) is 0 Å². The Bertz CT molecular complexity index is 1080. The SMILES string of the molecule is Nc1ccc2c(c1)SNC(C1=C(O)[C@@H]3CCC[C@@H]3N(Cc3ccc(F)cc3)C1=O)=N2. The van der Waals surface area contributed by atoms with Crippen LogP contribution in [0.4, 0.5) is 15.8 Å². The van der Waals surface area contributed by atoms with Crippen LogP contribution in [0.3, 0.4) is 0 Å². The van der Waals surface area contributed by atoms with E-state index in [1.807, 2.05) is 6.07 Å². The zero-order valence-electron chi connectivity index (χ0n) is 16.1. The maximum Gasteiger partial charge on any atom is 0.261 e. The summed E-state index contributed by atoms with van der Waals surface area (Å²) in [7, 11) is 0. The van der Waals surface area contributed by atoms with Gasteiger partial charge < -0.3 is 20.5 Å². The molecule has 1 aliphatic carbocycles. The fourth-order valence-electron chi connectivity index (χ4n) is 4.48. The van der Waals surface area contributed by atoms with E-state index < -0.39 is 0 Å². The Kier molecular flexibility index (Phi) is 4.66. The number of hydrogen-bond donors (Lipinski definition) is 3.